The molecule has 0 spiro atoms. The smallest absolute Gasteiger partial charge is 0.195 e. The molecular formula is C15H12ClFOS. The molecule has 2 aromatic rings. The molecule has 0 aliphatic rings. The van der Waals surface area contributed by atoms with Gasteiger partial charge in [-0.05, 0) is 49.1 Å². The Morgan fingerprint density at radius 3 is 2.47 bits per heavy atom. The number of rotatable bonds is 3. The third-order valence-electron chi connectivity index (χ3n) is 2.78. The van der Waals surface area contributed by atoms with Crippen LogP contribution in [-0.2, 0) is 0 Å². The summed E-state index contributed by atoms with van der Waals surface area (Å²) < 4.78 is 13.0. The SMILES string of the molecule is CSc1cc(C)ccc1C(=O)c1ccc(F)cc1Cl. The summed E-state index contributed by atoms with van der Waals surface area (Å²) in [5.74, 6) is -0.634. The van der Waals surface area contributed by atoms with Crippen molar-refractivity contribution in [3.8, 4) is 0 Å². The second-order valence-corrected chi connectivity index (χ2v) is 5.41. The van der Waals surface area contributed by atoms with Crippen molar-refractivity contribution in [2.45, 2.75) is 11.8 Å². The first-order chi connectivity index (χ1) is 9.02. The number of carbonyl (C=O) groups excluding carboxylic acids is 1. The van der Waals surface area contributed by atoms with E-state index in [1.165, 1.54) is 23.9 Å². The lowest BCUT2D eigenvalue weighted by atomic mass is 10.0. The molecule has 0 aliphatic heterocycles. The molecule has 0 bridgehead atoms. The summed E-state index contributed by atoms with van der Waals surface area (Å²) in [6, 6.07) is 9.43. The maximum atomic E-state index is 13.0. The Morgan fingerprint density at radius 2 is 1.84 bits per heavy atom. The number of hydrogen-bond acceptors (Lipinski definition) is 2. The van der Waals surface area contributed by atoms with Gasteiger partial charge in [0, 0.05) is 16.0 Å². The van der Waals surface area contributed by atoms with Crippen LogP contribution in [0.3, 0.4) is 0 Å². The lowest BCUT2D eigenvalue weighted by Gasteiger charge is -2.09. The first kappa shape index (κ1) is 14.1. The van der Waals surface area contributed by atoms with Gasteiger partial charge in [-0.2, -0.15) is 0 Å². The van der Waals surface area contributed by atoms with E-state index in [4.69, 9.17) is 11.6 Å². The quantitative estimate of drug-likeness (QED) is 0.601. The molecule has 0 aliphatic carbocycles. The monoisotopic (exact) mass is 294 g/mol. The third kappa shape index (κ3) is 2.99. The van der Waals surface area contributed by atoms with E-state index < -0.39 is 5.82 Å². The van der Waals surface area contributed by atoms with Crippen LogP contribution in [0, 0.1) is 12.7 Å². The Balaban J connectivity index is 2.50. The number of halogens is 2. The first-order valence-corrected chi connectivity index (χ1v) is 7.27. The van der Waals surface area contributed by atoms with Crippen molar-refractivity contribution in [3.05, 3.63) is 63.9 Å². The van der Waals surface area contributed by atoms with Crippen molar-refractivity contribution in [2.24, 2.45) is 0 Å². The molecule has 0 atom stereocenters. The highest BCUT2D eigenvalue weighted by atomic mass is 35.5. The summed E-state index contributed by atoms with van der Waals surface area (Å²) in [6.07, 6.45) is 1.91. The van der Waals surface area contributed by atoms with E-state index in [2.05, 4.69) is 0 Å². The molecule has 0 radical (unpaired) electrons. The van der Waals surface area contributed by atoms with Gasteiger partial charge in [0.1, 0.15) is 5.82 Å². The zero-order valence-corrected chi connectivity index (χ0v) is 12.1. The summed E-state index contributed by atoms with van der Waals surface area (Å²) in [5.41, 5.74) is 2.00. The van der Waals surface area contributed by atoms with E-state index >= 15 is 0 Å². The Morgan fingerprint density at radius 1 is 1.16 bits per heavy atom. The van der Waals surface area contributed by atoms with Crippen LogP contribution in [0.2, 0.25) is 5.02 Å². The van der Waals surface area contributed by atoms with Crippen LogP contribution in [-0.4, -0.2) is 12.0 Å². The summed E-state index contributed by atoms with van der Waals surface area (Å²) in [6.45, 7) is 1.97. The van der Waals surface area contributed by atoms with Crippen molar-refractivity contribution in [1.82, 2.24) is 0 Å². The normalized spacial score (nSPS) is 10.5. The zero-order chi connectivity index (χ0) is 14.0. The van der Waals surface area contributed by atoms with Crippen LogP contribution < -0.4 is 0 Å². The van der Waals surface area contributed by atoms with Crippen LogP contribution in [0.15, 0.2) is 41.3 Å². The van der Waals surface area contributed by atoms with Gasteiger partial charge >= 0.3 is 0 Å². The molecule has 4 heteroatoms. The molecule has 2 rings (SSSR count). The first-order valence-electron chi connectivity index (χ1n) is 5.67. The van der Waals surface area contributed by atoms with E-state index in [-0.39, 0.29) is 10.8 Å². The van der Waals surface area contributed by atoms with Crippen LogP contribution in [0.1, 0.15) is 21.5 Å². The van der Waals surface area contributed by atoms with Crippen LogP contribution in [0.5, 0.6) is 0 Å². The molecule has 0 heterocycles. The molecular weight excluding hydrogens is 283 g/mol. The van der Waals surface area contributed by atoms with Gasteiger partial charge in [-0.25, -0.2) is 4.39 Å². The summed E-state index contributed by atoms with van der Waals surface area (Å²) in [5, 5.41) is 0.137. The molecule has 0 saturated carbocycles. The molecule has 0 saturated heterocycles. The van der Waals surface area contributed by atoms with E-state index in [0.29, 0.717) is 11.1 Å². The average Bonchev–Trinajstić information content (AvgIpc) is 2.37. The lowest BCUT2D eigenvalue weighted by molar-refractivity contribution is 0.103. The predicted octanol–water partition coefficient (Wildman–Crippen LogP) is 4.74. The second-order valence-electron chi connectivity index (χ2n) is 4.16. The molecule has 19 heavy (non-hydrogen) atoms. The van der Waals surface area contributed by atoms with Crippen molar-refractivity contribution < 1.29 is 9.18 Å². The minimum absolute atomic E-state index is 0.137. The number of carbonyl (C=O) groups is 1. The second kappa shape index (κ2) is 5.76. The molecule has 0 aromatic heterocycles. The van der Waals surface area contributed by atoms with E-state index in [1.54, 1.807) is 6.07 Å². The number of ketones is 1. The minimum Gasteiger partial charge on any atom is -0.289 e. The third-order valence-corrected chi connectivity index (χ3v) is 3.87. The fraction of sp³-hybridized carbons (Fsp3) is 0.133. The van der Waals surface area contributed by atoms with Gasteiger partial charge in [-0.3, -0.25) is 4.79 Å². The van der Waals surface area contributed by atoms with Gasteiger partial charge in [0.25, 0.3) is 0 Å². The fourth-order valence-corrected chi connectivity index (χ4v) is 2.74. The lowest BCUT2D eigenvalue weighted by Crippen LogP contribution is -2.04. The van der Waals surface area contributed by atoms with Crippen molar-refractivity contribution in [3.63, 3.8) is 0 Å². The predicted molar refractivity (Wildman–Crippen MR) is 77.8 cm³/mol. The molecule has 0 unspecified atom stereocenters. The number of hydrogen-bond donors (Lipinski definition) is 0. The maximum Gasteiger partial charge on any atom is 0.195 e. The van der Waals surface area contributed by atoms with E-state index in [0.717, 1.165) is 16.5 Å². The van der Waals surface area contributed by atoms with Gasteiger partial charge in [-0.1, -0.05) is 17.7 Å². The molecule has 0 amide bonds. The zero-order valence-electron chi connectivity index (χ0n) is 10.5. The average molecular weight is 295 g/mol. The Bertz CT molecular complexity index is 640. The number of thioether (sulfide) groups is 1. The topological polar surface area (TPSA) is 17.1 Å². The highest BCUT2D eigenvalue weighted by Crippen LogP contribution is 2.27. The fourth-order valence-electron chi connectivity index (χ4n) is 1.80. The summed E-state index contributed by atoms with van der Waals surface area (Å²) in [4.78, 5) is 13.3. The van der Waals surface area contributed by atoms with Gasteiger partial charge in [-0.15, -0.1) is 11.8 Å². The van der Waals surface area contributed by atoms with E-state index in [1.807, 2.05) is 25.3 Å². The van der Waals surface area contributed by atoms with Crippen LogP contribution >= 0.6 is 23.4 Å². The number of benzene rings is 2. The Labute approximate surface area is 120 Å². The molecule has 98 valence electrons. The maximum absolute atomic E-state index is 13.0. The molecule has 0 fully saturated rings. The molecule has 2 aromatic carbocycles. The van der Waals surface area contributed by atoms with Crippen molar-refractivity contribution in [1.29, 1.82) is 0 Å². The summed E-state index contributed by atoms with van der Waals surface area (Å²) >= 11 is 7.44. The van der Waals surface area contributed by atoms with Crippen molar-refractivity contribution in [2.75, 3.05) is 6.26 Å². The highest BCUT2D eigenvalue weighted by Gasteiger charge is 2.16. The van der Waals surface area contributed by atoms with Crippen molar-refractivity contribution >= 4 is 29.1 Å². The standard InChI is InChI=1S/C15H12ClFOS/c1-9-3-5-12(14(7-9)19-2)15(18)11-6-4-10(17)8-13(11)16/h3-8H,1-2H3. The Hall–Kier alpha value is -1.32. The van der Waals surface area contributed by atoms with Gasteiger partial charge in [0.2, 0.25) is 0 Å². The Kier molecular flexibility index (Phi) is 4.27. The van der Waals surface area contributed by atoms with Gasteiger partial charge in [0.05, 0.1) is 5.02 Å². The largest absolute Gasteiger partial charge is 0.289 e. The molecule has 1 nitrogen and oxygen atoms in total. The summed E-state index contributed by atoms with van der Waals surface area (Å²) in [7, 11) is 0. The van der Waals surface area contributed by atoms with Crippen LogP contribution in [0.25, 0.3) is 0 Å². The number of aryl methyl sites for hydroxylation is 1. The van der Waals surface area contributed by atoms with Gasteiger partial charge in [0.15, 0.2) is 5.78 Å². The van der Waals surface area contributed by atoms with Crippen LogP contribution in [0.4, 0.5) is 4.39 Å². The highest BCUT2D eigenvalue weighted by molar-refractivity contribution is 7.98. The van der Waals surface area contributed by atoms with Gasteiger partial charge < -0.3 is 0 Å². The minimum atomic E-state index is -0.449. The van der Waals surface area contributed by atoms with E-state index in [9.17, 15) is 9.18 Å². The molecule has 0 N–H and O–H groups in total.